The summed E-state index contributed by atoms with van der Waals surface area (Å²) in [6.07, 6.45) is 0.133. The van der Waals surface area contributed by atoms with Crippen molar-refractivity contribution in [3.05, 3.63) is 76.3 Å². The summed E-state index contributed by atoms with van der Waals surface area (Å²) in [5.74, 6) is -1.11. The number of nitrogens with one attached hydrogen (secondary N) is 1. The van der Waals surface area contributed by atoms with Crippen LogP contribution in [-0.4, -0.2) is 15.9 Å². The molecule has 0 fully saturated rings. The number of hydrogen-bond donors (Lipinski definition) is 3. The minimum absolute atomic E-state index is 0.102. The molecule has 0 aliphatic heterocycles. The van der Waals surface area contributed by atoms with Crippen LogP contribution in [0.3, 0.4) is 0 Å². The molecule has 0 spiro atoms. The molecule has 4 N–H and O–H groups in total. The summed E-state index contributed by atoms with van der Waals surface area (Å²) in [5, 5.41) is 15.4. The van der Waals surface area contributed by atoms with Crippen molar-refractivity contribution >= 4 is 35.4 Å². The zero-order chi connectivity index (χ0) is 21.9. The van der Waals surface area contributed by atoms with Gasteiger partial charge in [-0.1, -0.05) is 55.5 Å². The maximum atomic E-state index is 13.2. The highest BCUT2D eigenvalue weighted by Crippen LogP contribution is 2.58. The Morgan fingerprint density at radius 3 is 2.37 bits per heavy atom. The molecule has 3 aromatic carbocycles. The molecule has 0 bridgehead atoms. The Balaban J connectivity index is 2.15. The average molecular weight is 429 g/mol. The summed E-state index contributed by atoms with van der Waals surface area (Å²) in [6.45, 7) is 3.58. The second kappa shape index (κ2) is 8.83. The number of nitrogen functional groups attached to an aromatic ring is 1. The maximum absolute atomic E-state index is 13.2. The lowest BCUT2D eigenvalue weighted by molar-refractivity contribution is -0.383. The molecule has 0 amide bonds. The van der Waals surface area contributed by atoms with Gasteiger partial charge in [0.25, 0.3) is 5.69 Å². The van der Waals surface area contributed by atoms with E-state index in [0.29, 0.717) is 28.4 Å². The first kappa shape index (κ1) is 21.8. The van der Waals surface area contributed by atoms with Gasteiger partial charge in [0.15, 0.2) is 5.78 Å². The van der Waals surface area contributed by atoms with Crippen LogP contribution in [0.25, 0.3) is 10.8 Å². The van der Waals surface area contributed by atoms with Crippen LogP contribution in [0, 0.1) is 10.1 Å². The van der Waals surface area contributed by atoms with Crippen LogP contribution in [0.2, 0.25) is 0 Å². The number of benzene rings is 3. The first-order valence-corrected chi connectivity index (χ1v) is 11.2. The molecule has 3 unspecified atom stereocenters. The molecular formula is C21H24N3O5P. The third-order valence-electron chi connectivity index (χ3n) is 4.88. The topological polar surface area (TPSA) is 128 Å². The van der Waals surface area contributed by atoms with E-state index in [-0.39, 0.29) is 11.4 Å². The van der Waals surface area contributed by atoms with Crippen LogP contribution in [0.5, 0.6) is 0 Å². The Hall–Kier alpha value is -2.93. The molecule has 0 aliphatic rings. The van der Waals surface area contributed by atoms with Gasteiger partial charge in [0, 0.05) is 11.5 Å². The third kappa shape index (κ3) is 4.46. The van der Waals surface area contributed by atoms with Gasteiger partial charge in [0.2, 0.25) is 0 Å². The molecule has 158 valence electrons. The number of nitrogens with zero attached hydrogens (tertiary/aromatic N) is 1. The van der Waals surface area contributed by atoms with E-state index in [2.05, 4.69) is 5.32 Å². The summed E-state index contributed by atoms with van der Waals surface area (Å²) in [7, 11) is -4.19. The second-order valence-electron chi connectivity index (χ2n) is 7.01. The summed E-state index contributed by atoms with van der Waals surface area (Å²) in [4.78, 5) is 21.8. The molecule has 0 saturated heterocycles. The fraction of sp³-hybridized carbons (Fsp3) is 0.238. The van der Waals surface area contributed by atoms with Gasteiger partial charge >= 0.3 is 7.60 Å². The second-order valence-corrected chi connectivity index (χ2v) is 8.86. The highest BCUT2D eigenvalue weighted by atomic mass is 31.2. The number of nitro groups is 1. The van der Waals surface area contributed by atoms with E-state index in [1.54, 1.807) is 61.5 Å². The van der Waals surface area contributed by atoms with Crippen LogP contribution >= 0.6 is 7.60 Å². The van der Waals surface area contributed by atoms with Crippen LogP contribution in [0.1, 0.15) is 31.6 Å². The van der Waals surface area contributed by atoms with Gasteiger partial charge in [0.1, 0.15) is 0 Å². The number of non-ortho nitro benzene ring substituents is 1. The minimum atomic E-state index is -4.19. The molecule has 3 aromatic rings. The number of rotatable bonds is 8. The highest BCUT2D eigenvalue weighted by molar-refractivity contribution is 7.53. The summed E-state index contributed by atoms with van der Waals surface area (Å²) < 4.78 is 18.7. The molecule has 0 heterocycles. The molecule has 3 rings (SSSR count). The standard InChI is InChI=1S/C21H24N3O5P/c1-3-14(2)29-30(27,28)21(15-9-5-4-6-10-15)23-20-17-12-8-7-11-16(17)19(24(25)26)13-18(20)22/h4-14,21,23H,3,22H2,1-2H3,(H,27,28). The molecular weight excluding hydrogens is 405 g/mol. The SMILES string of the molecule is CCC(C)OP(=O)(O)C(Nc1c(N)cc([N+](=O)[O-])c2ccccc12)c1ccccc1. The Morgan fingerprint density at radius 2 is 1.77 bits per heavy atom. The Labute approximate surface area is 174 Å². The predicted octanol–water partition coefficient (Wildman–Crippen LogP) is 5.44. The van der Waals surface area contributed by atoms with Gasteiger partial charge in [-0.2, -0.15) is 0 Å². The van der Waals surface area contributed by atoms with Gasteiger partial charge in [0.05, 0.1) is 27.8 Å². The van der Waals surface area contributed by atoms with Gasteiger partial charge in [-0.15, -0.1) is 0 Å². The first-order chi connectivity index (χ1) is 14.2. The zero-order valence-electron chi connectivity index (χ0n) is 16.7. The normalized spacial score (nSPS) is 15.3. The molecule has 9 heteroatoms. The lowest BCUT2D eigenvalue weighted by Crippen LogP contribution is -2.17. The minimum Gasteiger partial charge on any atom is -0.397 e. The van der Waals surface area contributed by atoms with Crippen LogP contribution in [0.4, 0.5) is 17.1 Å². The molecule has 0 aromatic heterocycles. The number of hydrogen-bond acceptors (Lipinski definition) is 6. The number of anilines is 2. The molecule has 0 saturated carbocycles. The van der Waals surface area contributed by atoms with Crippen LogP contribution in [-0.2, 0) is 9.09 Å². The Kier molecular flexibility index (Phi) is 6.41. The monoisotopic (exact) mass is 429 g/mol. The van der Waals surface area contributed by atoms with E-state index in [1.807, 2.05) is 6.92 Å². The lowest BCUT2D eigenvalue weighted by Gasteiger charge is -2.28. The maximum Gasteiger partial charge on any atom is 0.354 e. The van der Waals surface area contributed by atoms with Crippen LogP contribution < -0.4 is 11.1 Å². The highest BCUT2D eigenvalue weighted by Gasteiger charge is 2.36. The van der Waals surface area contributed by atoms with E-state index in [1.165, 1.54) is 6.07 Å². The quantitative estimate of drug-likeness (QED) is 0.188. The smallest absolute Gasteiger partial charge is 0.354 e. The molecule has 8 nitrogen and oxygen atoms in total. The number of nitrogens with two attached hydrogens (primary N) is 1. The molecule has 30 heavy (non-hydrogen) atoms. The van der Waals surface area contributed by atoms with Crippen molar-refractivity contribution in [2.45, 2.75) is 32.2 Å². The first-order valence-electron chi connectivity index (χ1n) is 9.52. The lowest BCUT2D eigenvalue weighted by atomic mass is 10.0. The van der Waals surface area contributed by atoms with E-state index < -0.39 is 24.4 Å². The van der Waals surface area contributed by atoms with E-state index in [0.717, 1.165) is 0 Å². The van der Waals surface area contributed by atoms with E-state index >= 15 is 0 Å². The van der Waals surface area contributed by atoms with Crippen molar-refractivity contribution in [3.63, 3.8) is 0 Å². The van der Waals surface area contributed by atoms with E-state index in [4.69, 9.17) is 10.3 Å². The van der Waals surface area contributed by atoms with Crippen molar-refractivity contribution in [2.24, 2.45) is 0 Å². The fourth-order valence-electron chi connectivity index (χ4n) is 3.21. The van der Waals surface area contributed by atoms with E-state index in [9.17, 15) is 19.6 Å². The predicted molar refractivity (Wildman–Crippen MR) is 118 cm³/mol. The zero-order valence-corrected chi connectivity index (χ0v) is 17.6. The summed E-state index contributed by atoms with van der Waals surface area (Å²) in [5.41, 5.74) is 6.99. The molecule has 3 atom stereocenters. The van der Waals surface area contributed by atoms with Crippen LogP contribution in [0.15, 0.2) is 60.7 Å². The van der Waals surface area contributed by atoms with Crippen molar-refractivity contribution in [1.29, 1.82) is 0 Å². The number of fused-ring (bicyclic) bond motifs is 1. The Morgan fingerprint density at radius 1 is 1.17 bits per heavy atom. The fourth-order valence-corrected chi connectivity index (χ4v) is 4.84. The largest absolute Gasteiger partial charge is 0.397 e. The van der Waals surface area contributed by atoms with Gasteiger partial charge < -0.3 is 20.5 Å². The summed E-state index contributed by atoms with van der Waals surface area (Å²) >= 11 is 0. The average Bonchev–Trinajstić information content (AvgIpc) is 2.72. The Bertz CT molecular complexity index is 1110. The van der Waals surface area contributed by atoms with Gasteiger partial charge in [-0.05, 0) is 25.0 Å². The molecule has 0 radical (unpaired) electrons. The molecule has 0 aliphatic carbocycles. The van der Waals surface area contributed by atoms with Crippen molar-refractivity contribution in [1.82, 2.24) is 0 Å². The number of nitro benzene ring substituents is 1. The van der Waals surface area contributed by atoms with Gasteiger partial charge in [-0.25, -0.2) is 0 Å². The third-order valence-corrected chi connectivity index (χ3v) is 6.62. The summed E-state index contributed by atoms with van der Waals surface area (Å²) in [6, 6.07) is 16.7. The van der Waals surface area contributed by atoms with Crippen molar-refractivity contribution in [3.8, 4) is 0 Å². The van der Waals surface area contributed by atoms with Gasteiger partial charge in [-0.3, -0.25) is 14.7 Å². The van der Waals surface area contributed by atoms with Crippen molar-refractivity contribution < 1.29 is 18.9 Å². The van der Waals surface area contributed by atoms with Crippen molar-refractivity contribution in [2.75, 3.05) is 11.1 Å².